The van der Waals surface area contributed by atoms with Crippen LogP contribution < -0.4 is 10.6 Å². The van der Waals surface area contributed by atoms with Crippen LogP contribution in [0.2, 0.25) is 10.5 Å². The van der Waals surface area contributed by atoms with Crippen LogP contribution in [0.15, 0.2) is 0 Å². The summed E-state index contributed by atoms with van der Waals surface area (Å²) in [5.74, 6) is 1.46. The topological polar surface area (TPSA) is 58.2 Å². The Bertz CT molecular complexity index is 430. The number of hydrogen-bond donors (Lipinski definition) is 2. The molecule has 4 nitrogen and oxygen atoms in total. The molecule has 2 N–H and O–H groups in total. The SMILES string of the molecule is CCCC(=O)NC1CC(NC(=O)CCC)CC(C(C)CC)(C(C)CC)C1.[CH3][Ti][CH3]. The van der Waals surface area contributed by atoms with Gasteiger partial charge in [0.1, 0.15) is 0 Å². The fraction of sp³-hybridized carbons (Fsp3) is 0.917. The second-order valence-corrected chi connectivity index (χ2v) is 10.6. The molecule has 0 aromatic heterocycles. The van der Waals surface area contributed by atoms with Gasteiger partial charge >= 0.3 is 29.6 Å². The van der Waals surface area contributed by atoms with E-state index in [2.05, 4.69) is 48.8 Å². The van der Waals surface area contributed by atoms with E-state index in [1.165, 1.54) is 0 Å². The van der Waals surface area contributed by atoms with E-state index < -0.39 is 0 Å². The van der Waals surface area contributed by atoms with E-state index in [9.17, 15) is 9.59 Å². The van der Waals surface area contributed by atoms with Crippen molar-refractivity contribution in [2.45, 2.75) is 122 Å². The standard InChI is InChI=1S/C22H42N2O2.2CH3.Ti/c1-7-11-20(25)23-18-13-19(24-21(26)12-8-2)15-22(14-18,16(5)9-3)17(6)10-4;;;/h16-19H,7-15H2,1-6H3,(H,23,25)(H,24,26);2*1H3;. The molecule has 0 bridgehead atoms. The van der Waals surface area contributed by atoms with Crippen LogP contribution in [-0.4, -0.2) is 23.9 Å². The van der Waals surface area contributed by atoms with Gasteiger partial charge in [0.05, 0.1) is 0 Å². The molecule has 2 amide bonds. The Morgan fingerprint density at radius 3 is 1.48 bits per heavy atom. The summed E-state index contributed by atoms with van der Waals surface area (Å²) >= 11 is 0.500. The summed E-state index contributed by atoms with van der Waals surface area (Å²) in [4.78, 5) is 24.5. The van der Waals surface area contributed by atoms with Crippen molar-refractivity contribution in [1.82, 2.24) is 10.6 Å². The molecule has 0 aromatic rings. The molecule has 0 saturated heterocycles. The van der Waals surface area contributed by atoms with Crippen LogP contribution in [0.5, 0.6) is 0 Å². The molecule has 29 heavy (non-hydrogen) atoms. The Balaban J connectivity index is 0.00000245. The van der Waals surface area contributed by atoms with Crippen molar-refractivity contribution in [2.75, 3.05) is 0 Å². The van der Waals surface area contributed by atoms with Crippen LogP contribution in [0.3, 0.4) is 0 Å². The first-order valence-electron chi connectivity index (χ1n) is 11.9. The normalized spacial score (nSPS) is 25.8. The van der Waals surface area contributed by atoms with E-state index in [0.717, 1.165) is 44.9 Å². The van der Waals surface area contributed by atoms with Gasteiger partial charge in [0.25, 0.3) is 0 Å². The van der Waals surface area contributed by atoms with E-state index in [4.69, 9.17) is 0 Å². The van der Waals surface area contributed by atoms with Crippen molar-refractivity contribution in [1.29, 1.82) is 0 Å². The Kier molecular flexibility index (Phi) is 15.3. The first-order chi connectivity index (χ1) is 13.7. The molecule has 5 heteroatoms. The third kappa shape index (κ3) is 9.55. The summed E-state index contributed by atoms with van der Waals surface area (Å²) < 4.78 is 0. The Hall–Kier alpha value is -0.346. The van der Waals surface area contributed by atoms with Gasteiger partial charge < -0.3 is 10.6 Å². The molecule has 1 aliphatic carbocycles. The maximum atomic E-state index is 12.2. The van der Waals surface area contributed by atoms with E-state index in [1.807, 2.05) is 13.8 Å². The summed E-state index contributed by atoms with van der Waals surface area (Å²) in [7, 11) is 0. The van der Waals surface area contributed by atoms with Crippen molar-refractivity contribution in [3.8, 4) is 0 Å². The molecule has 1 fully saturated rings. The van der Waals surface area contributed by atoms with Gasteiger partial charge in [0.15, 0.2) is 0 Å². The maximum absolute atomic E-state index is 12.2. The molecular formula is C24H48N2O2Ti. The van der Waals surface area contributed by atoms with Crippen molar-refractivity contribution in [3.05, 3.63) is 0 Å². The number of hydrogen-bond acceptors (Lipinski definition) is 2. The second-order valence-electron chi connectivity index (χ2n) is 9.02. The molecular weight excluding hydrogens is 396 g/mol. The third-order valence-electron chi connectivity index (χ3n) is 6.69. The van der Waals surface area contributed by atoms with Crippen molar-refractivity contribution in [2.24, 2.45) is 17.3 Å². The molecule has 1 saturated carbocycles. The van der Waals surface area contributed by atoms with Crippen LogP contribution in [0.4, 0.5) is 0 Å². The molecule has 0 heterocycles. The predicted octanol–water partition coefficient (Wildman–Crippen LogP) is 5.98. The molecule has 1 rings (SSSR count). The minimum absolute atomic E-state index is 0.153. The average molecular weight is 445 g/mol. The van der Waals surface area contributed by atoms with E-state index >= 15 is 0 Å². The second kappa shape index (κ2) is 15.5. The van der Waals surface area contributed by atoms with Gasteiger partial charge in [-0.3, -0.25) is 9.59 Å². The Labute approximate surface area is 190 Å². The first-order valence-corrected chi connectivity index (χ1v) is 15.0. The van der Waals surface area contributed by atoms with E-state index in [1.54, 1.807) is 0 Å². The number of nitrogens with one attached hydrogen (secondary N) is 2. The van der Waals surface area contributed by atoms with Crippen molar-refractivity contribution >= 4 is 11.8 Å². The summed E-state index contributed by atoms with van der Waals surface area (Å²) in [5, 5.41) is 11.1. The van der Waals surface area contributed by atoms with Gasteiger partial charge in [-0.25, -0.2) is 0 Å². The van der Waals surface area contributed by atoms with Crippen LogP contribution in [0, 0.1) is 17.3 Å². The molecule has 0 aromatic carbocycles. The van der Waals surface area contributed by atoms with Gasteiger partial charge in [-0.1, -0.05) is 54.4 Å². The van der Waals surface area contributed by atoms with Gasteiger partial charge in [0.2, 0.25) is 11.8 Å². The van der Waals surface area contributed by atoms with Gasteiger partial charge in [0, 0.05) is 24.9 Å². The summed E-state index contributed by atoms with van der Waals surface area (Å²) in [6.45, 7) is 13.3. The zero-order chi connectivity index (χ0) is 22.4. The van der Waals surface area contributed by atoms with Crippen molar-refractivity contribution < 1.29 is 28.7 Å². The molecule has 0 radical (unpaired) electrons. The van der Waals surface area contributed by atoms with Gasteiger partial charge in [-0.05, 0) is 49.4 Å². The van der Waals surface area contributed by atoms with Crippen LogP contribution in [-0.2, 0) is 28.7 Å². The van der Waals surface area contributed by atoms with Crippen LogP contribution >= 0.6 is 0 Å². The molecule has 1 aliphatic rings. The molecule has 0 aliphatic heterocycles. The number of carbonyl (C=O) groups is 2. The first kappa shape index (κ1) is 28.7. The number of rotatable bonds is 10. The summed E-state index contributed by atoms with van der Waals surface area (Å²) in [6, 6.07) is 0.329. The third-order valence-corrected chi connectivity index (χ3v) is 6.69. The zero-order valence-electron chi connectivity index (χ0n) is 20.5. The molecule has 0 spiro atoms. The van der Waals surface area contributed by atoms with Crippen LogP contribution in [0.25, 0.3) is 0 Å². The minimum atomic E-state index is 0.153. The Morgan fingerprint density at radius 2 is 1.21 bits per heavy atom. The molecule has 170 valence electrons. The fourth-order valence-electron chi connectivity index (χ4n) is 4.89. The van der Waals surface area contributed by atoms with Crippen LogP contribution in [0.1, 0.15) is 99.3 Å². The number of amides is 2. The van der Waals surface area contributed by atoms with Crippen molar-refractivity contribution in [3.63, 3.8) is 0 Å². The molecule has 4 unspecified atom stereocenters. The zero-order valence-corrected chi connectivity index (χ0v) is 22.1. The quantitative estimate of drug-likeness (QED) is 0.407. The average Bonchev–Trinajstić information content (AvgIpc) is 2.67. The number of carbonyl (C=O) groups excluding carboxylic acids is 2. The predicted molar refractivity (Wildman–Crippen MR) is 121 cm³/mol. The molecule has 4 atom stereocenters. The Morgan fingerprint density at radius 1 is 0.862 bits per heavy atom. The fourth-order valence-corrected chi connectivity index (χ4v) is 4.89. The van der Waals surface area contributed by atoms with Gasteiger partial charge in [-0.2, -0.15) is 0 Å². The monoisotopic (exact) mass is 444 g/mol. The van der Waals surface area contributed by atoms with Gasteiger partial charge in [-0.15, -0.1) is 0 Å². The van der Waals surface area contributed by atoms with E-state index in [-0.39, 0.29) is 29.3 Å². The van der Waals surface area contributed by atoms with E-state index in [0.29, 0.717) is 43.8 Å². The summed E-state index contributed by atoms with van der Waals surface area (Å²) in [6.07, 6.45) is 8.12. The summed E-state index contributed by atoms with van der Waals surface area (Å²) in [5.41, 5.74) is 0.177.